The number of fused-ring (bicyclic) bond motifs is 1. The van der Waals surface area contributed by atoms with Crippen LogP contribution in [0.2, 0.25) is 0 Å². The van der Waals surface area contributed by atoms with Crippen molar-refractivity contribution in [3.63, 3.8) is 0 Å². The summed E-state index contributed by atoms with van der Waals surface area (Å²) < 4.78 is 10.3. The number of amides is 1. The molecule has 1 aromatic rings. The minimum atomic E-state index is -0.861. The Kier molecular flexibility index (Phi) is 6.96. The number of carbonyl (C=O) groups is 3. The van der Waals surface area contributed by atoms with Crippen LogP contribution in [0.5, 0.6) is 0 Å². The molecule has 166 valence electrons. The standard InChI is InChI=1S/C20H22N2O8S/c1-3-29-16(24)10-31-15-8-14-17(11(2)23)19(25)21(14)18(15)20(26)30-9-12-4-6-13(7-5-12)22(27)28/h4-7,11,14,17,23H,3,8-10H2,1-2H3/t11-,14?,17?/m1/s1. The number of esters is 2. The van der Waals surface area contributed by atoms with E-state index >= 15 is 0 Å². The molecule has 1 N–H and O–H groups in total. The molecule has 0 aliphatic carbocycles. The first kappa shape index (κ1) is 22.8. The molecule has 2 aliphatic rings. The van der Waals surface area contributed by atoms with Crippen molar-refractivity contribution in [2.24, 2.45) is 5.92 Å². The molecular weight excluding hydrogens is 428 g/mol. The number of carbonyl (C=O) groups excluding carboxylic acids is 3. The van der Waals surface area contributed by atoms with Crippen LogP contribution in [0.4, 0.5) is 5.69 Å². The summed E-state index contributed by atoms with van der Waals surface area (Å²) in [6.07, 6.45) is -0.520. The third-order valence-corrected chi connectivity index (χ3v) is 6.16. The molecule has 0 radical (unpaired) electrons. The zero-order chi connectivity index (χ0) is 22.7. The second-order valence-electron chi connectivity index (χ2n) is 7.11. The van der Waals surface area contributed by atoms with Crippen molar-refractivity contribution in [3.8, 4) is 0 Å². The molecule has 31 heavy (non-hydrogen) atoms. The van der Waals surface area contributed by atoms with Gasteiger partial charge in [0.05, 0.1) is 35.3 Å². The maximum Gasteiger partial charge on any atom is 0.356 e. The number of non-ortho nitro benzene ring substituents is 1. The molecule has 11 heteroatoms. The van der Waals surface area contributed by atoms with E-state index in [1.165, 1.54) is 36.1 Å². The first-order valence-electron chi connectivity index (χ1n) is 9.67. The van der Waals surface area contributed by atoms with Gasteiger partial charge in [-0.15, -0.1) is 11.8 Å². The van der Waals surface area contributed by atoms with Crippen LogP contribution in [-0.4, -0.2) is 57.3 Å². The highest BCUT2D eigenvalue weighted by molar-refractivity contribution is 8.03. The van der Waals surface area contributed by atoms with Crippen molar-refractivity contribution in [2.45, 2.75) is 39.0 Å². The molecular formula is C20H22N2O8S. The van der Waals surface area contributed by atoms with Gasteiger partial charge in [-0.2, -0.15) is 0 Å². The third kappa shape index (κ3) is 4.72. The Balaban J connectivity index is 1.73. The lowest BCUT2D eigenvalue weighted by Gasteiger charge is -2.44. The van der Waals surface area contributed by atoms with Crippen molar-refractivity contribution in [1.82, 2.24) is 4.90 Å². The van der Waals surface area contributed by atoms with Gasteiger partial charge in [0.1, 0.15) is 12.3 Å². The van der Waals surface area contributed by atoms with Crippen molar-refractivity contribution in [3.05, 3.63) is 50.5 Å². The molecule has 3 rings (SSSR count). The Morgan fingerprint density at radius 1 is 1.32 bits per heavy atom. The number of nitro groups is 1. The molecule has 2 unspecified atom stereocenters. The van der Waals surface area contributed by atoms with Gasteiger partial charge in [-0.05, 0) is 31.5 Å². The molecule has 0 bridgehead atoms. The Labute approximate surface area is 182 Å². The van der Waals surface area contributed by atoms with E-state index in [-0.39, 0.29) is 42.3 Å². The van der Waals surface area contributed by atoms with Gasteiger partial charge in [0.25, 0.3) is 5.69 Å². The highest BCUT2D eigenvalue weighted by Gasteiger charge is 2.57. The van der Waals surface area contributed by atoms with Gasteiger partial charge in [-0.3, -0.25) is 19.7 Å². The second kappa shape index (κ2) is 9.48. The van der Waals surface area contributed by atoms with Gasteiger partial charge in [-0.1, -0.05) is 0 Å². The molecule has 0 spiro atoms. The quantitative estimate of drug-likeness (QED) is 0.258. The van der Waals surface area contributed by atoms with Gasteiger partial charge < -0.3 is 19.5 Å². The highest BCUT2D eigenvalue weighted by Crippen LogP contribution is 2.47. The van der Waals surface area contributed by atoms with Crippen LogP contribution >= 0.6 is 11.8 Å². The monoisotopic (exact) mass is 450 g/mol. The number of β-lactam (4-membered cyclic amide) rings is 1. The smallest absolute Gasteiger partial charge is 0.356 e. The number of aliphatic hydroxyl groups excluding tert-OH is 1. The van der Waals surface area contributed by atoms with Crippen molar-refractivity contribution in [1.29, 1.82) is 0 Å². The molecule has 0 aromatic heterocycles. The lowest BCUT2D eigenvalue weighted by atomic mass is 9.83. The summed E-state index contributed by atoms with van der Waals surface area (Å²) in [6.45, 7) is 3.31. The van der Waals surface area contributed by atoms with Crippen LogP contribution in [0.25, 0.3) is 0 Å². The maximum atomic E-state index is 12.8. The first-order valence-corrected chi connectivity index (χ1v) is 10.7. The summed E-state index contributed by atoms with van der Waals surface area (Å²) in [4.78, 5) is 49.1. The van der Waals surface area contributed by atoms with Gasteiger partial charge in [0.2, 0.25) is 5.91 Å². The lowest BCUT2D eigenvalue weighted by molar-refractivity contribution is -0.384. The number of benzene rings is 1. The average Bonchev–Trinajstić information content (AvgIpc) is 3.04. The second-order valence-corrected chi connectivity index (χ2v) is 8.18. The van der Waals surface area contributed by atoms with E-state index in [0.717, 1.165) is 11.8 Å². The first-order chi connectivity index (χ1) is 14.7. The summed E-state index contributed by atoms with van der Waals surface area (Å²) in [5, 5.41) is 20.6. The van der Waals surface area contributed by atoms with Gasteiger partial charge in [0.15, 0.2) is 0 Å². The molecule has 10 nitrogen and oxygen atoms in total. The van der Waals surface area contributed by atoms with E-state index in [2.05, 4.69) is 0 Å². The molecule has 0 saturated carbocycles. The van der Waals surface area contributed by atoms with Gasteiger partial charge >= 0.3 is 11.9 Å². The van der Waals surface area contributed by atoms with Crippen LogP contribution in [-0.2, 0) is 30.5 Å². The fraction of sp³-hybridized carbons (Fsp3) is 0.450. The number of nitrogens with zero attached hydrogens (tertiary/aromatic N) is 2. The molecule has 2 heterocycles. The van der Waals surface area contributed by atoms with Crippen molar-refractivity contribution < 1.29 is 33.9 Å². The number of thioether (sulfide) groups is 1. The average molecular weight is 450 g/mol. The predicted molar refractivity (Wildman–Crippen MR) is 109 cm³/mol. The largest absolute Gasteiger partial charge is 0.465 e. The number of rotatable bonds is 9. The summed E-state index contributed by atoms with van der Waals surface area (Å²) >= 11 is 1.11. The van der Waals surface area contributed by atoms with Crippen molar-refractivity contribution >= 4 is 35.3 Å². The van der Waals surface area contributed by atoms with Crippen LogP contribution in [0.3, 0.4) is 0 Å². The SMILES string of the molecule is CCOC(=O)CSC1=C(C(=O)OCc2ccc([N+](=O)[O-])cc2)N2C(=O)C([C@@H](C)O)C2C1. The predicted octanol–water partition coefficient (Wildman–Crippen LogP) is 1.76. The number of aliphatic hydroxyl groups is 1. The molecule has 1 fully saturated rings. The van der Waals surface area contributed by atoms with E-state index in [9.17, 15) is 29.6 Å². The van der Waals surface area contributed by atoms with Gasteiger partial charge in [0, 0.05) is 23.5 Å². The molecule has 2 aliphatic heterocycles. The number of hydrogen-bond donors (Lipinski definition) is 1. The summed E-state index contributed by atoms with van der Waals surface area (Å²) in [7, 11) is 0. The molecule has 3 atom stereocenters. The van der Waals surface area contributed by atoms with Crippen LogP contribution in [0.15, 0.2) is 34.9 Å². The van der Waals surface area contributed by atoms with E-state index in [0.29, 0.717) is 16.9 Å². The normalized spacial score (nSPS) is 20.7. The molecule has 1 amide bonds. The molecule has 1 saturated heterocycles. The highest BCUT2D eigenvalue weighted by atomic mass is 32.2. The Bertz CT molecular complexity index is 928. The topological polar surface area (TPSA) is 136 Å². The lowest BCUT2D eigenvalue weighted by Crippen LogP contribution is -2.61. The minimum Gasteiger partial charge on any atom is -0.465 e. The Hall–Kier alpha value is -2.92. The number of nitro benzene ring substituents is 1. The van der Waals surface area contributed by atoms with Crippen molar-refractivity contribution in [2.75, 3.05) is 12.4 Å². The maximum absolute atomic E-state index is 12.8. The van der Waals surface area contributed by atoms with Crippen LogP contribution < -0.4 is 0 Å². The Morgan fingerprint density at radius 2 is 2.00 bits per heavy atom. The van der Waals surface area contributed by atoms with E-state index < -0.39 is 28.9 Å². The van der Waals surface area contributed by atoms with E-state index in [1.54, 1.807) is 6.92 Å². The Morgan fingerprint density at radius 3 is 2.58 bits per heavy atom. The van der Waals surface area contributed by atoms with E-state index in [1.807, 2.05) is 0 Å². The van der Waals surface area contributed by atoms with Gasteiger partial charge in [-0.25, -0.2) is 4.79 Å². The molecule has 1 aromatic carbocycles. The van der Waals surface area contributed by atoms with E-state index in [4.69, 9.17) is 9.47 Å². The fourth-order valence-electron chi connectivity index (χ4n) is 3.63. The van der Waals surface area contributed by atoms with Crippen LogP contribution in [0.1, 0.15) is 25.8 Å². The zero-order valence-electron chi connectivity index (χ0n) is 17.0. The minimum absolute atomic E-state index is 0.0175. The number of ether oxygens (including phenoxy) is 2. The fourth-order valence-corrected chi connectivity index (χ4v) is 4.61. The summed E-state index contributed by atoms with van der Waals surface area (Å²) in [5.74, 6) is -2.17. The summed E-state index contributed by atoms with van der Waals surface area (Å²) in [5.41, 5.74) is 0.541. The summed E-state index contributed by atoms with van der Waals surface area (Å²) in [6, 6.07) is 5.21. The zero-order valence-corrected chi connectivity index (χ0v) is 17.8. The number of hydrogen-bond acceptors (Lipinski definition) is 9. The third-order valence-electron chi connectivity index (χ3n) is 5.07. The van der Waals surface area contributed by atoms with Crippen LogP contribution in [0, 0.1) is 16.0 Å².